The molecule has 0 aromatic heterocycles. The summed E-state index contributed by atoms with van der Waals surface area (Å²) in [4.78, 5) is 14.4. The Morgan fingerprint density at radius 2 is 1.87 bits per heavy atom. The molecule has 1 saturated heterocycles. The highest BCUT2D eigenvalue weighted by Crippen LogP contribution is 2.45. The Bertz CT molecular complexity index is 700. The molecule has 1 atom stereocenters. The zero-order chi connectivity index (χ0) is 22.4. The van der Waals surface area contributed by atoms with Crippen LogP contribution in [0.2, 0.25) is 0 Å². The Morgan fingerprint density at radius 1 is 1.17 bits per heavy atom. The summed E-state index contributed by atoms with van der Waals surface area (Å²) in [5, 5.41) is 0. The number of hydrogen-bond donors (Lipinski definition) is 0. The molecule has 0 spiro atoms. The molecule has 1 aromatic rings. The number of ether oxygens (including phenoxy) is 3. The first-order valence-electron chi connectivity index (χ1n) is 11.2. The van der Waals surface area contributed by atoms with Crippen LogP contribution in [0, 0.1) is 11.3 Å². The van der Waals surface area contributed by atoms with Gasteiger partial charge in [0.15, 0.2) is 11.5 Å². The van der Waals surface area contributed by atoms with Gasteiger partial charge in [-0.2, -0.15) is 0 Å². The molecule has 1 fully saturated rings. The molecule has 0 aliphatic carbocycles. The molecule has 2 rings (SSSR count). The monoisotopic (exact) mass is 419 g/mol. The van der Waals surface area contributed by atoms with Gasteiger partial charge >= 0.3 is 0 Å². The van der Waals surface area contributed by atoms with Crippen LogP contribution >= 0.6 is 0 Å². The molecule has 1 aliphatic heterocycles. The summed E-state index contributed by atoms with van der Waals surface area (Å²) in [6.07, 6.45) is 5.55. The van der Waals surface area contributed by atoms with Crippen LogP contribution in [0.1, 0.15) is 72.3 Å². The SMILES string of the molecule is COc1ccc(CN(CC[C@@]2(CCC(C)C)CCOC(C)(C)C2)C(C)=O)cc1OC. The van der Waals surface area contributed by atoms with Gasteiger partial charge in [0.2, 0.25) is 5.91 Å². The van der Waals surface area contributed by atoms with Gasteiger partial charge < -0.3 is 19.1 Å². The average Bonchev–Trinajstić information content (AvgIpc) is 2.68. The van der Waals surface area contributed by atoms with Crippen LogP contribution in [0.5, 0.6) is 11.5 Å². The van der Waals surface area contributed by atoms with Gasteiger partial charge in [-0.3, -0.25) is 4.79 Å². The second kappa shape index (κ2) is 10.5. The van der Waals surface area contributed by atoms with Crippen LogP contribution in [0.3, 0.4) is 0 Å². The van der Waals surface area contributed by atoms with E-state index in [-0.39, 0.29) is 16.9 Å². The van der Waals surface area contributed by atoms with Crippen molar-refractivity contribution in [2.75, 3.05) is 27.4 Å². The highest BCUT2D eigenvalue weighted by molar-refractivity contribution is 5.73. The van der Waals surface area contributed by atoms with Crippen molar-refractivity contribution in [2.24, 2.45) is 11.3 Å². The highest BCUT2D eigenvalue weighted by atomic mass is 16.5. The third kappa shape index (κ3) is 6.90. The molecule has 1 heterocycles. The first-order valence-corrected chi connectivity index (χ1v) is 11.2. The van der Waals surface area contributed by atoms with Crippen LogP contribution in [0.25, 0.3) is 0 Å². The second-order valence-corrected chi connectivity index (χ2v) is 9.85. The van der Waals surface area contributed by atoms with E-state index in [0.29, 0.717) is 24.0 Å². The van der Waals surface area contributed by atoms with Crippen molar-refractivity contribution in [2.45, 2.75) is 78.9 Å². The molecule has 0 radical (unpaired) electrons. The van der Waals surface area contributed by atoms with Crippen molar-refractivity contribution < 1.29 is 19.0 Å². The topological polar surface area (TPSA) is 48.0 Å². The van der Waals surface area contributed by atoms with E-state index in [1.807, 2.05) is 23.1 Å². The van der Waals surface area contributed by atoms with Crippen LogP contribution in [0.15, 0.2) is 18.2 Å². The summed E-state index contributed by atoms with van der Waals surface area (Å²) in [5.74, 6) is 2.18. The number of carbonyl (C=O) groups is 1. The van der Waals surface area contributed by atoms with Crippen LogP contribution in [-0.2, 0) is 16.1 Å². The molecule has 30 heavy (non-hydrogen) atoms. The molecule has 0 N–H and O–H groups in total. The minimum atomic E-state index is -0.0976. The molecule has 1 aliphatic rings. The van der Waals surface area contributed by atoms with Crippen molar-refractivity contribution in [3.05, 3.63) is 23.8 Å². The Kier molecular flexibility index (Phi) is 8.60. The quantitative estimate of drug-likeness (QED) is 0.506. The van der Waals surface area contributed by atoms with E-state index in [1.165, 1.54) is 12.8 Å². The van der Waals surface area contributed by atoms with Gasteiger partial charge in [-0.05, 0) is 68.6 Å². The number of methoxy groups -OCH3 is 2. The lowest BCUT2D eigenvalue weighted by molar-refractivity contribution is -0.132. The van der Waals surface area contributed by atoms with Crippen LogP contribution in [0.4, 0.5) is 0 Å². The van der Waals surface area contributed by atoms with E-state index < -0.39 is 0 Å². The Balaban J connectivity index is 2.13. The van der Waals surface area contributed by atoms with Gasteiger partial charge in [-0.25, -0.2) is 0 Å². The molecule has 0 bridgehead atoms. The lowest BCUT2D eigenvalue weighted by Crippen LogP contribution is -2.43. The molecule has 0 saturated carbocycles. The normalized spacial score (nSPS) is 20.8. The molecule has 170 valence electrons. The summed E-state index contributed by atoms with van der Waals surface area (Å²) < 4.78 is 16.8. The maximum atomic E-state index is 12.4. The zero-order valence-corrected chi connectivity index (χ0v) is 20.0. The second-order valence-electron chi connectivity index (χ2n) is 9.85. The number of benzene rings is 1. The average molecular weight is 420 g/mol. The lowest BCUT2D eigenvalue weighted by Gasteiger charge is -2.46. The fourth-order valence-electron chi connectivity index (χ4n) is 4.65. The Morgan fingerprint density at radius 3 is 2.43 bits per heavy atom. The van der Waals surface area contributed by atoms with Gasteiger partial charge in [0, 0.05) is 26.6 Å². The molecule has 0 unspecified atom stereocenters. The van der Waals surface area contributed by atoms with Crippen molar-refractivity contribution in [1.82, 2.24) is 4.90 Å². The largest absolute Gasteiger partial charge is 0.493 e. The standard InChI is InChI=1S/C25H41NO4/c1-19(2)10-11-25(13-15-30-24(4,5)18-25)12-14-26(20(3)27)17-21-8-9-22(28-6)23(16-21)29-7/h8-9,16,19H,10-15,17-18H2,1-7H3/t25-/m0/s1. The first kappa shape index (κ1) is 24.5. The maximum absolute atomic E-state index is 12.4. The van der Waals surface area contributed by atoms with Crippen molar-refractivity contribution >= 4 is 5.91 Å². The third-order valence-corrected chi connectivity index (χ3v) is 6.36. The Hall–Kier alpha value is -1.75. The predicted octanol–water partition coefficient (Wildman–Crippen LogP) is 5.45. The van der Waals surface area contributed by atoms with Gasteiger partial charge in [0.25, 0.3) is 0 Å². The minimum absolute atomic E-state index is 0.0976. The fraction of sp³-hybridized carbons (Fsp3) is 0.720. The fourth-order valence-corrected chi connectivity index (χ4v) is 4.65. The highest BCUT2D eigenvalue weighted by Gasteiger charge is 2.40. The first-order chi connectivity index (χ1) is 14.1. The summed E-state index contributed by atoms with van der Waals surface area (Å²) in [7, 11) is 3.27. The maximum Gasteiger partial charge on any atom is 0.219 e. The molecular weight excluding hydrogens is 378 g/mol. The zero-order valence-electron chi connectivity index (χ0n) is 20.0. The van der Waals surface area contributed by atoms with Crippen molar-refractivity contribution in [3.63, 3.8) is 0 Å². The van der Waals surface area contributed by atoms with E-state index >= 15 is 0 Å². The number of hydrogen-bond acceptors (Lipinski definition) is 4. The summed E-state index contributed by atoms with van der Waals surface area (Å²) >= 11 is 0. The van der Waals surface area contributed by atoms with E-state index in [1.54, 1.807) is 21.1 Å². The molecule has 5 nitrogen and oxygen atoms in total. The van der Waals surface area contributed by atoms with Gasteiger partial charge in [-0.1, -0.05) is 26.3 Å². The molecule has 1 amide bonds. The third-order valence-electron chi connectivity index (χ3n) is 6.36. The molecule has 5 heteroatoms. The number of nitrogens with zero attached hydrogens (tertiary/aromatic N) is 1. The Labute approximate surface area is 183 Å². The smallest absolute Gasteiger partial charge is 0.219 e. The van der Waals surface area contributed by atoms with Gasteiger partial charge in [0.05, 0.1) is 19.8 Å². The number of rotatable bonds is 10. The van der Waals surface area contributed by atoms with E-state index in [0.717, 1.165) is 38.0 Å². The van der Waals surface area contributed by atoms with Gasteiger partial charge in [-0.15, -0.1) is 0 Å². The lowest BCUT2D eigenvalue weighted by atomic mass is 9.68. The minimum Gasteiger partial charge on any atom is -0.493 e. The molecule has 1 aromatic carbocycles. The predicted molar refractivity (Wildman–Crippen MR) is 121 cm³/mol. The van der Waals surface area contributed by atoms with Crippen LogP contribution < -0.4 is 9.47 Å². The summed E-state index contributed by atoms with van der Waals surface area (Å²) in [5.41, 5.74) is 1.18. The van der Waals surface area contributed by atoms with E-state index in [2.05, 4.69) is 27.7 Å². The number of amides is 1. The van der Waals surface area contributed by atoms with Gasteiger partial charge in [0.1, 0.15) is 0 Å². The summed E-state index contributed by atoms with van der Waals surface area (Å²) in [6, 6.07) is 5.86. The number of carbonyl (C=O) groups excluding carboxylic acids is 1. The molecular formula is C25H41NO4. The van der Waals surface area contributed by atoms with E-state index in [4.69, 9.17) is 14.2 Å². The summed E-state index contributed by atoms with van der Waals surface area (Å²) in [6.45, 7) is 12.8. The van der Waals surface area contributed by atoms with Crippen molar-refractivity contribution in [1.29, 1.82) is 0 Å². The van der Waals surface area contributed by atoms with E-state index in [9.17, 15) is 4.79 Å². The van der Waals surface area contributed by atoms with Crippen molar-refractivity contribution in [3.8, 4) is 11.5 Å². The van der Waals surface area contributed by atoms with Crippen LogP contribution in [-0.4, -0.2) is 43.8 Å².